The average molecular weight is 337 g/mol. The van der Waals surface area contributed by atoms with Crippen molar-refractivity contribution < 1.29 is 14.3 Å². The first-order valence-corrected chi connectivity index (χ1v) is 9.45. The topological polar surface area (TPSA) is 75.9 Å². The number of likely N-dealkylation sites (tertiary alicyclic amines) is 2. The van der Waals surface area contributed by atoms with E-state index in [1.165, 1.54) is 12.8 Å². The van der Waals surface area contributed by atoms with Gasteiger partial charge in [-0.2, -0.15) is 0 Å². The fraction of sp³-hybridized carbons (Fsp3) is 0.889. The Hall–Kier alpha value is -1.14. The van der Waals surface area contributed by atoms with Crippen LogP contribution in [-0.2, 0) is 14.3 Å². The zero-order chi connectivity index (χ0) is 17.1. The van der Waals surface area contributed by atoms with E-state index in [0.717, 1.165) is 51.4 Å². The smallest absolute Gasteiger partial charge is 0.236 e. The van der Waals surface area contributed by atoms with Gasteiger partial charge < -0.3 is 15.4 Å². The molecule has 3 aliphatic heterocycles. The Bertz CT molecular complexity index is 454. The molecule has 3 heterocycles. The van der Waals surface area contributed by atoms with Crippen molar-refractivity contribution in [2.75, 3.05) is 39.3 Å². The Kier molecular flexibility index (Phi) is 5.76. The first-order valence-electron chi connectivity index (χ1n) is 9.45. The maximum Gasteiger partial charge on any atom is 0.236 e. The molecule has 6 heteroatoms. The summed E-state index contributed by atoms with van der Waals surface area (Å²) in [5.74, 6) is 1.01. The molecular formula is C18H31N3O3. The minimum atomic E-state index is -0.240. The minimum absolute atomic E-state index is 0.0386. The van der Waals surface area contributed by atoms with Gasteiger partial charge in [0.25, 0.3) is 0 Å². The highest BCUT2D eigenvalue weighted by molar-refractivity contribution is 5.78. The van der Waals surface area contributed by atoms with E-state index < -0.39 is 0 Å². The predicted molar refractivity (Wildman–Crippen MR) is 91.2 cm³/mol. The maximum absolute atomic E-state index is 12.5. The van der Waals surface area contributed by atoms with E-state index in [0.29, 0.717) is 19.1 Å². The van der Waals surface area contributed by atoms with Crippen LogP contribution < -0.4 is 5.73 Å². The van der Waals surface area contributed by atoms with Crippen molar-refractivity contribution in [2.24, 2.45) is 23.5 Å². The second-order valence-corrected chi connectivity index (χ2v) is 7.81. The minimum Gasteiger partial charge on any atom is -0.377 e. The molecule has 136 valence electrons. The van der Waals surface area contributed by atoms with Gasteiger partial charge in [-0.25, -0.2) is 0 Å². The van der Waals surface area contributed by atoms with E-state index in [1.807, 2.05) is 4.90 Å². The van der Waals surface area contributed by atoms with Gasteiger partial charge in [-0.3, -0.25) is 14.5 Å². The van der Waals surface area contributed by atoms with Gasteiger partial charge >= 0.3 is 0 Å². The van der Waals surface area contributed by atoms with E-state index in [1.54, 1.807) is 0 Å². The van der Waals surface area contributed by atoms with Crippen molar-refractivity contribution in [1.29, 1.82) is 0 Å². The van der Waals surface area contributed by atoms with E-state index in [9.17, 15) is 9.59 Å². The van der Waals surface area contributed by atoms with Crippen LogP contribution >= 0.6 is 0 Å². The van der Waals surface area contributed by atoms with Crippen molar-refractivity contribution >= 4 is 11.8 Å². The molecule has 3 rings (SSSR count). The third-order valence-electron chi connectivity index (χ3n) is 6.09. The highest BCUT2D eigenvalue weighted by atomic mass is 16.5. The van der Waals surface area contributed by atoms with Gasteiger partial charge in [-0.05, 0) is 57.0 Å². The molecule has 2 N–H and O–H groups in total. The molecule has 0 unspecified atom stereocenters. The molecule has 0 aromatic heterocycles. The maximum atomic E-state index is 12.5. The Morgan fingerprint density at radius 1 is 1.04 bits per heavy atom. The third-order valence-corrected chi connectivity index (χ3v) is 6.09. The van der Waals surface area contributed by atoms with Crippen LogP contribution in [0.15, 0.2) is 0 Å². The zero-order valence-electron chi connectivity index (χ0n) is 14.8. The van der Waals surface area contributed by atoms with Gasteiger partial charge in [0.1, 0.15) is 0 Å². The molecule has 0 aromatic carbocycles. The lowest BCUT2D eigenvalue weighted by atomic mass is 9.84. The number of ether oxygens (including phenoxy) is 1. The summed E-state index contributed by atoms with van der Waals surface area (Å²) in [7, 11) is 0. The molecule has 0 aromatic rings. The monoisotopic (exact) mass is 337 g/mol. The first kappa shape index (κ1) is 17.7. The SMILES string of the molecule is CC1CCN(CC(=O)N2CCC([C@H]3OCC[C@@H]3C(N)=O)CC2)CC1. The normalized spacial score (nSPS) is 30.6. The summed E-state index contributed by atoms with van der Waals surface area (Å²) in [5.41, 5.74) is 5.50. The van der Waals surface area contributed by atoms with E-state index in [4.69, 9.17) is 10.5 Å². The van der Waals surface area contributed by atoms with Crippen LogP contribution in [0.1, 0.15) is 39.0 Å². The Morgan fingerprint density at radius 2 is 1.71 bits per heavy atom. The fourth-order valence-corrected chi connectivity index (χ4v) is 4.37. The molecule has 24 heavy (non-hydrogen) atoms. The van der Waals surface area contributed by atoms with Crippen molar-refractivity contribution in [3.05, 3.63) is 0 Å². The molecule has 3 saturated heterocycles. The summed E-state index contributed by atoms with van der Waals surface area (Å²) in [6, 6.07) is 0. The summed E-state index contributed by atoms with van der Waals surface area (Å²) in [6.45, 7) is 7.11. The van der Waals surface area contributed by atoms with Crippen LogP contribution in [-0.4, -0.2) is 67.0 Å². The molecule has 2 amide bonds. The first-order chi connectivity index (χ1) is 11.5. The molecule has 2 atom stereocenters. The molecule has 0 aliphatic carbocycles. The summed E-state index contributed by atoms with van der Waals surface area (Å²) in [6.07, 6.45) is 4.93. The van der Waals surface area contributed by atoms with Gasteiger partial charge in [0, 0.05) is 19.7 Å². The van der Waals surface area contributed by atoms with Gasteiger partial charge in [0.15, 0.2) is 0 Å². The summed E-state index contributed by atoms with van der Waals surface area (Å²) in [4.78, 5) is 28.3. The van der Waals surface area contributed by atoms with Crippen LogP contribution in [0.5, 0.6) is 0 Å². The lowest BCUT2D eigenvalue weighted by molar-refractivity contribution is -0.135. The predicted octanol–water partition coefficient (Wildman–Crippen LogP) is 0.847. The van der Waals surface area contributed by atoms with Crippen molar-refractivity contribution in [3.63, 3.8) is 0 Å². The number of hydrogen-bond acceptors (Lipinski definition) is 4. The number of hydrogen-bond donors (Lipinski definition) is 1. The van der Waals surface area contributed by atoms with Crippen molar-refractivity contribution in [2.45, 2.75) is 45.1 Å². The largest absolute Gasteiger partial charge is 0.377 e. The number of primary amides is 1. The molecule has 3 aliphatic rings. The number of nitrogens with zero attached hydrogens (tertiary/aromatic N) is 2. The number of piperidine rings is 2. The average Bonchev–Trinajstić information content (AvgIpc) is 3.07. The molecule has 0 saturated carbocycles. The van der Waals surface area contributed by atoms with Crippen molar-refractivity contribution in [1.82, 2.24) is 9.80 Å². The van der Waals surface area contributed by atoms with Gasteiger partial charge in [0.05, 0.1) is 18.6 Å². The summed E-state index contributed by atoms with van der Waals surface area (Å²) >= 11 is 0. The lowest BCUT2D eigenvalue weighted by Crippen LogP contribution is -2.48. The second kappa shape index (κ2) is 7.83. The molecule has 0 bridgehead atoms. The number of amides is 2. The number of carbonyl (C=O) groups is 2. The zero-order valence-corrected chi connectivity index (χ0v) is 14.8. The molecule has 6 nitrogen and oxygen atoms in total. The molecular weight excluding hydrogens is 306 g/mol. The summed E-state index contributed by atoms with van der Waals surface area (Å²) in [5, 5.41) is 0. The standard InChI is InChI=1S/C18H31N3O3/c1-13-2-7-20(8-3-13)12-16(22)21-9-4-14(5-10-21)17-15(18(19)23)6-11-24-17/h13-15,17H,2-12H2,1H3,(H2,19,23)/t15-,17+/m0/s1. The van der Waals surface area contributed by atoms with E-state index in [2.05, 4.69) is 11.8 Å². The van der Waals surface area contributed by atoms with Crippen LogP contribution in [0.25, 0.3) is 0 Å². The number of nitrogens with two attached hydrogens (primary N) is 1. The molecule has 0 spiro atoms. The second-order valence-electron chi connectivity index (χ2n) is 7.81. The van der Waals surface area contributed by atoms with Gasteiger partial charge in [-0.15, -0.1) is 0 Å². The highest BCUT2D eigenvalue weighted by Crippen LogP contribution is 2.33. The number of rotatable bonds is 4. The Balaban J connectivity index is 1.44. The van der Waals surface area contributed by atoms with Crippen molar-refractivity contribution in [3.8, 4) is 0 Å². The van der Waals surface area contributed by atoms with Crippen LogP contribution in [0.3, 0.4) is 0 Å². The molecule has 0 radical (unpaired) electrons. The fourth-order valence-electron chi connectivity index (χ4n) is 4.37. The van der Waals surface area contributed by atoms with Gasteiger partial charge in [0.2, 0.25) is 11.8 Å². The van der Waals surface area contributed by atoms with Gasteiger partial charge in [-0.1, -0.05) is 6.92 Å². The van der Waals surface area contributed by atoms with Crippen LogP contribution in [0.4, 0.5) is 0 Å². The lowest BCUT2D eigenvalue weighted by Gasteiger charge is -2.37. The molecule has 3 fully saturated rings. The van der Waals surface area contributed by atoms with E-state index >= 15 is 0 Å². The van der Waals surface area contributed by atoms with Crippen LogP contribution in [0, 0.1) is 17.8 Å². The van der Waals surface area contributed by atoms with Crippen LogP contribution in [0.2, 0.25) is 0 Å². The highest BCUT2D eigenvalue weighted by Gasteiger charge is 2.39. The van der Waals surface area contributed by atoms with E-state index in [-0.39, 0.29) is 23.8 Å². The number of carbonyl (C=O) groups excluding carboxylic acids is 2. The summed E-state index contributed by atoms with van der Waals surface area (Å²) < 4.78 is 5.78. The Morgan fingerprint density at radius 3 is 2.33 bits per heavy atom. The third kappa shape index (κ3) is 4.09. The quantitative estimate of drug-likeness (QED) is 0.825. The Labute approximate surface area is 144 Å².